The van der Waals surface area contributed by atoms with E-state index in [0.29, 0.717) is 22.4 Å². The number of likely N-dealkylation sites (N-methyl/N-ethyl adjacent to an activating group) is 1. The number of nitrogens with zero attached hydrogens (tertiary/aromatic N) is 2. The molecule has 4 rings (SSSR count). The summed E-state index contributed by atoms with van der Waals surface area (Å²) in [6, 6.07) is 13.9. The normalized spacial score (nSPS) is 23.0. The molecule has 5 heteroatoms. The monoisotopic (exact) mass is 294 g/mol. The molecule has 0 fully saturated rings. The number of rotatable bonds is 0. The third-order valence-corrected chi connectivity index (χ3v) is 4.34. The average molecular weight is 294 g/mol. The fourth-order valence-corrected chi connectivity index (χ4v) is 3.35. The van der Waals surface area contributed by atoms with Gasteiger partial charge in [-0.3, -0.25) is 14.5 Å². The molecule has 1 N–H and O–H groups in total. The lowest BCUT2D eigenvalue weighted by molar-refractivity contribution is 0.0146. The first-order chi connectivity index (χ1) is 10.5. The number of benzene rings is 2. The Labute approximate surface area is 127 Å². The van der Waals surface area contributed by atoms with E-state index in [4.69, 9.17) is 0 Å². The zero-order chi connectivity index (χ0) is 15.5. The highest BCUT2D eigenvalue weighted by atomic mass is 16.3. The number of amides is 2. The molecule has 110 valence electrons. The second-order valence-electron chi connectivity index (χ2n) is 5.68. The molecule has 0 saturated carbocycles. The summed E-state index contributed by atoms with van der Waals surface area (Å²) in [5.74, 6) is -0.489. The number of carbonyl (C=O) groups is 2. The van der Waals surface area contributed by atoms with Crippen molar-refractivity contribution in [2.24, 2.45) is 0 Å². The van der Waals surface area contributed by atoms with E-state index in [1.54, 1.807) is 55.6 Å². The second kappa shape index (κ2) is 4.18. The van der Waals surface area contributed by atoms with Gasteiger partial charge >= 0.3 is 0 Å². The molecule has 2 aromatic carbocycles. The summed E-state index contributed by atoms with van der Waals surface area (Å²) in [5.41, 5.74) is 0.339. The fraction of sp³-hybridized carbons (Fsp3) is 0.176. The van der Waals surface area contributed by atoms with Crippen LogP contribution >= 0.6 is 0 Å². The molecular formula is C17H14N2O3. The molecule has 2 heterocycles. The predicted molar refractivity (Wildman–Crippen MR) is 80.6 cm³/mol. The predicted octanol–water partition coefficient (Wildman–Crippen LogP) is 1.58. The zero-order valence-electron chi connectivity index (χ0n) is 12.0. The molecule has 0 aliphatic carbocycles. The van der Waals surface area contributed by atoms with Crippen LogP contribution in [0.4, 0.5) is 5.69 Å². The molecule has 2 aliphatic heterocycles. The van der Waals surface area contributed by atoms with Crippen LogP contribution in [0.5, 0.6) is 0 Å². The van der Waals surface area contributed by atoms with Crippen molar-refractivity contribution >= 4 is 17.5 Å². The van der Waals surface area contributed by atoms with Gasteiger partial charge in [0.2, 0.25) is 0 Å². The first-order valence-corrected chi connectivity index (χ1v) is 7.05. The summed E-state index contributed by atoms with van der Waals surface area (Å²) in [6.07, 6.45) is 0. The number of anilines is 1. The highest BCUT2D eigenvalue weighted by Gasteiger charge is 2.52. The fourth-order valence-electron chi connectivity index (χ4n) is 3.35. The number of para-hydroxylation sites is 1. The number of aliphatic hydroxyl groups is 1. The Morgan fingerprint density at radius 2 is 1.59 bits per heavy atom. The highest BCUT2D eigenvalue weighted by molar-refractivity contribution is 6.15. The van der Waals surface area contributed by atoms with Gasteiger partial charge in [-0.15, -0.1) is 0 Å². The quantitative estimate of drug-likeness (QED) is 0.802. The maximum atomic E-state index is 12.8. The largest absolute Gasteiger partial charge is 0.365 e. The zero-order valence-corrected chi connectivity index (χ0v) is 12.0. The minimum absolute atomic E-state index is 0.0310. The first kappa shape index (κ1) is 13.0. The minimum atomic E-state index is -1.54. The van der Waals surface area contributed by atoms with Crippen LogP contribution in [0, 0.1) is 0 Å². The molecule has 0 aromatic heterocycles. The second-order valence-corrected chi connectivity index (χ2v) is 5.68. The Balaban J connectivity index is 2.04. The van der Waals surface area contributed by atoms with Gasteiger partial charge in [0.15, 0.2) is 5.72 Å². The van der Waals surface area contributed by atoms with Gasteiger partial charge in [-0.25, -0.2) is 0 Å². The molecular weight excluding hydrogens is 280 g/mol. The van der Waals surface area contributed by atoms with Crippen molar-refractivity contribution < 1.29 is 14.7 Å². The lowest BCUT2D eigenvalue weighted by atomic mass is 10.0. The standard InChI is InChI=1S/C17H14N2O3/c1-18-10-17(22)13-8-4-2-6-11(13)16(21)19(17)14-9-5-3-7-12(14)15(18)20/h2-9,22H,10H2,1H3/t17-/m1/s1. The van der Waals surface area contributed by atoms with Crippen molar-refractivity contribution in [1.82, 2.24) is 4.90 Å². The van der Waals surface area contributed by atoms with E-state index in [2.05, 4.69) is 0 Å². The highest BCUT2D eigenvalue weighted by Crippen LogP contribution is 2.44. The molecule has 5 nitrogen and oxygen atoms in total. The summed E-state index contributed by atoms with van der Waals surface area (Å²) in [4.78, 5) is 28.1. The van der Waals surface area contributed by atoms with Gasteiger partial charge in [-0.1, -0.05) is 30.3 Å². The molecule has 0 saturated heterocycles. The Kier molecular flexibility index (Phi) is 2.47. The van der Waals surface area contributed by atoms with Crippen molar-refractivity contribution in [2.45, 2.75) is 5.72 Å². The summed E-state index contributed by atoms with van der Waals surface area (Å²) < 4.78 is 0. The number of hydrogen-bond donors (Lipinski definition) is 1. The Hall–Kier alpha value is -2.66. The Morgan fingerprint density at radius 1 is 0.955 bits per heavy atom. The third-order valence-electron chi connectivity index (χ3n) is 4.34. The molecule has 2 amide bonds. The summed E-state index contributed by atoms with van der Waals surface area (Å²) in [5, 5.41) is 11.3. The molecule has 1 atom stereocenters. The maximum absolute atomic E-state index is 12.8. The number of fused-ring (bicyclic) bond motifs is 5. The van der Waals surface area contributed by atoms with Crippen molar-refractivity contribution in [3.63, 3.8) is 0 Å². The molecule has 2 aromatic rings. The topological polar surface area (TPSA) is 60.9 Å². The smallest absolute Gasteiger partial charge is 0.261 e. The van der Waals surface area contributed by atoms with Crippen molar-refractivity contribution in [2.75, 3.05) is 18.5 Å². The van der Waals surface area contributed by atoms with Crippen LogP contribution in [-0.4, -0.2) is 35.4 Å². The third kappa shape index (κ3) is 1.46. The van der Waals surface area contributed by atoms with Crippen LogP contribution in [0.25, 0.3) is 0 Å². The molecule has 0 radical (unpaired) electrons. The van der Waals surface area contributed by atoms with Gasteiger partial charge in [0.25, 0.3) is 11.8 Å². The van der Waals surface area contributed by atoms with Crippen molar-refractivity contribution in [3.8, 4) is 0 Å². The van der Waals surface area contributed by atoms with Crippen molar-refractivity contribution in [3.05, 3.63) is 65.2 Å². The van der Waals surface area contributed by atoms with Gasteiger partial charge in [-0.2, -0.15) is 0 Å². The van der Waals surface area contributed by atoms with Gasteiger partial charge < -0.3 is 10.0 Å². The lowest BCUT2D eigenvalue weighted by Gasteiger charge is -2.34. The summed E-state index contributed by atoms with van der Waals surface area (Å²) >= 11 is 0. The minimum Gasteiger partial charge on any atom is -0.365 e. The average Bonchev–Trinajstić information content (AvgIpc) is 2.69. The maximum Gasteiger partial charge on any atom is 0.261 e. The molecule has 0 unspecified atom stereocenters. The lowest BCUT2D eigenvalue weighted by Crippen LogP contribution is -2.49. The molecule has 22 heavy (non-hydrogen) atoms. The first-order valence-electron chi connectivity index (χ1n) is 7.05. The van der Waals surface area contributed by atoms with E-state index >= 15 is 0 Å². The van der Waals surface area contributed by atoms with Crippen LogP contribution in [0.2, 0.25) is 0 Å². The van der Waals surface area contributed by atoms with E-state index < -0.39 is 5.72 Å². The Bertz CT molecular complexity index is 817. The number of carbonyl (C=O) groups excluding carboxylic acids is 2. The Morgan fingerprint density at radius 3 is 2.36 bits per heavy atom. The van der Waals surface area contributed by atoms with Crippen LogP contribution in [0.3, 0.4) is 0 Å². The van der Waals surface area contributed by atoms with E-state index in [-0.39, 0.29) is 18.4 Å². The van der Waals surface area contributed by atoms with Crippen LogP contribution in [-0.2, 0) is 5.72 Å². The van der Waals surface area contributed by atoms with Gasteiger partial charge in [0.05, 0.1) is 17.8 Å². The van der Waals surface area contributed by atoms with Crippen molar-refractivity contribution in [1.29, 1.82) is 0 Å². The number of β-amino-alcohol motifs (C(OH)–C–C–N with tert-alkyl or cyclic N) is 1. The van der Waals surface area contributed by atoms with Crippen LogP contribution < -0.4 is 4.90 Å². The van der Waals surface area contributed by atoms with Crippen LogP contribution in [0.1, 0.15) is 26.3 Å². The SMILES string of the molecule is CN1C[C@@]2(O)c3ccccc3C(=O)N2c2ccccc2C1=O. The van der Waals surface area contributed by atoms with E-state index in [0.717, 1.165) is 0 Å². The van der Waals surface area contributed by atoms with Crippen LogP contribution in [0.15, 0.2) is 48.5 Å². The van der Waals surface area contributed by atoms with Gasteiger partial charge in [-0.05, 0) is 18.2 Å². The van der Waals surface area contributed by atoms with Gasteiger partial charge in [0.1, 0.15) is 0 Å². The summed E-state index contributed by atoms with van der Waals surface area (Å²) in [6.45, 7) is 0.0310. The molecule has 0 spiro atoms. The number of hydrogen-bond acceptors (Lipinski definition) is 3. The van der Waals surface area contributed by atoms with E-state index in [9.17, 15) is 14.7 Å². The molecule has 0 bridgehead atoms. The summed E-state index contributed by atoms with van der Waals surface area (Å²) in [7, 11) is 1.63. The van der Waals surface area contributed by atoms with E-state index in [1.165, 1.54) is 9.80 Å². The van der Waals surface area contributed by atoms with Gasteiger partial charge in [0, 0.05) is 18.2 Å². The molecule has 2 aliphatic rings. The van der Waals surface area contributed by atoms with E-state index in [1.807, 2.05) is 0 Å².